The average molecular weight is 336 g/mol. The van der Waals surface area contributed by atoms with Gasteiger partial charge in [0.15, 0.2) is 0 Å². The highest BCUT2D eigenvalue weighted by atomic mass is 35.5. The highest BCUT2D eigenvalue weighted by molar-refractivity contribution is 7.89. The van der Waals surface area contributed by atoms with Gasteiger partial charge in [0.25, 0.3) is 0 Å². The molecular formula is C11H11ClFN3O2S2. The van der Waals surface area contributed by atoms with Crippen molar-refractivity contribution in [3.8, 4) is 0 Å². The van der Waals surface area contributed by atoms with Gasteiger partial charge in [-0.05, 0) is 19.1 Å². The molecule has 0 amide bonds. The van der Waals surface area contributed by atoms with Gasteiger partial charge in [-0.1, -0.05) is 11.6 Å². The van der Waals surface area contributed by atoms with Crippen LogP contribution in [0.2, 0.25) is 5.02 Å². The molecule has 0 bridgehead atoms. The number of halogens is 2. The number of anilines is 1. The topological polar surface area (TPSA) is 85.1 Å². The number of aromatic nitrogens is 1. The lowest BCUT2D eigenvalue weighted by Crippen LogP contribution is -2.23. The van der Waals surface area contributed by atoms with Crippen LogP contribution < -0.4 is 10.5 Å². The summed E-state index contributed by atoms with van der Waals surface area (Å²) in [5.41, 5.74) is 7.47. The molecule has 3 N–H and O–H groups in total. The zero-order chi connectivity index (χ0) is 14.9. The number of nitrogens with zero attached hydrogens (tertiary/aromatic N) is 1. The largest absolute Gasteiger partial charge is 0.396 e. The summed E-state index contributed by atoms with van der Waals surface area (Å²) < 4.78 is 39.8. The van der Waals surface area contributed by atoms with Gasteiger partial charge in [0.2, 0.25) is 10.0 Å². The first-order valence-electron chi connectivity index (χ1n) is 5.44. The van der Waals surface area contributed by atoms with Crippen LogP contribution in [0.3, 0.4) is 0 Å². The summed E-state index contributed by atoms with van der Waals surface area (Å²) in [6.07, 6.45) is 0. The first-order chi connectivity index (χ1) is 9.31. The molecule has 1 aromatic carbocycles. The van der Waals surface area contributed by atoms with Gasteiger partial charge >= 0.3 is 0 Å². The molecule has 2 aromatic rings. The highest BCUT2D eigenvalue weighted by Crippen LogP contribution is 2.26. The van der Waals surface area contributed by atoms with E-state index < -0.39 is 15.8 Å². The van der Waals surface area contributed by atoms with Crippen molar-refractivity contribution in [3.05, 3.63) is 39.1 Å². The molecule has 2 rings (SSSR count). The van der Waals surface area contributed by atoms with Gasteiger partial charge in [-0.15, -0.1) is 11.3 Å². The summed E-state index contributed by atoms with van der Waals surface area (Å²) in [4.78, 5) is 4.56. The van der Waals surface area contributed by atoms with Crippen molar-refractivity contribution in [3.63, 3.8) is 0 Å². The normalized spacial score (nSPS) is 11.8. The Bertz CT molecular complexity index is 746. The van der Waals surface area contributed by atoms with Crippen molar-refractivity contribution >= 4 is 38.6 Å². The molecule has 9 heteroatoms. The number of benzene rings is 1. The van der Waals surface area contributed by atoms with Crippen molar-refractivity contribution in [1.82, 2.24) is 9.71 Å². The van der Waals surface area contributed by atoms with Crippen LogP contribution in [0.5, 0.6) is 0 Å². The second-order valence-corrected chi connectivity index (χ2v) is 7.07. The maximum absolute atomic E-state index is 13.2. The molecule has 5 nitrogen and oxygen atoms in total. The first kappa shape index (κ1) is 15.2. The SMILES string of the molecule is Cc1ncsc1CNS(=O)(=O)c1cc(N)c(F)cc1Cl. The number of nitrogen functional groups attached to an aromatic ring is 1. The smallest absolute Gasteiger partial charge is 0.242 e. The predicted octanol–water partition coefficient (Wildman–Crippen LogP) is 2.30. The Morgan fingerprint density at radius 1 is 1.50 bits per heavy atom. The molecule has 0 spiro atoms. The summed E-state index contributed by atoms with van der Waals surface area (Å²) in [7, 11) is -3.87. The first-order valence-corrected chi connectivity index (χ1v) is 8.18. The summed E-state index contributed by atoms with van der Waals surface area (Å²) in [5, 5.41) is -0.217. The van der Waals surface area contributed by atoms with E-state index in [4.69, 9.17) is 17.3 Å². The second kappa shape index (κ2) is 5.65. The average Bonchev–Trinajstić information content (AvgIpc) is 2.77. The third kappa shape index (κ3) is 3.09. The fourth-order valence-corrected chi connectivity index (χ4v) is 3.84. The van der Waals surface area contributed by atoms with Crippen molar-refractivity contribution < 1.29 is 12.8 Å². The van der Waals surface area contributed by atoms with Crippen LogP contribution in [-0.4, -0.2) is 13.4 Å². The number of nitrogens with one attached hydrogen (secondary N) is 1. The van der Waals surface area contributed by atoms with Gasteiger partial charge in [-0.2, -0.15) is 0 Å². The number of nitrogens with two attached hydrogens (primary N) is 1. The van der Waals surface area contributed by atoms with E-state index in [0.717, 1.165) is 22.7 Å². The lowest BCUT2D eigenvalue weighted by Gasteiger charge is -2.09. The number of rotatable bonds is 4. The van der Waals surface area contributed by atoms with Crippen LogP contribution in [0, 0.1) is 12.7 Å². The number of hydrogen-bond donors (Lipinski definition) is 2. The van der Waals surface area contributed by atoms with Crippen LogP contribution >= 0.6 is 22.9 Å². The Morgan fingerprint density at radius 2 is 2.20 bits per heavy atom. The molecule has 0 aliphatic heterocycles. The zero-order valence-electron chi connectivity index (χ0n) is 10.4. The minimum atomic E-state index is -3.87. The molecule has 20 heavy (non-hydrogen) atoms. The molecule has 0 saturated carbocycles. The van der Waals surface area contributed by atoms with Crippen LogP contribution in [0.15, 0.2) is 22.5 Å². The molecule has 0 unspecified atom stereocenters. The minimum absolute atomic E-state index is 0.0897. The summed E-state index contributed by atoms with van der Waals surface area (Å²) >= 11 is 7.09. The Balaban J connectivity index is 2.27. The lowest BCUT2D eigenvalue weighted by molar-refractivity contribution is 0.581. The molecule has 0 radical (unpaired) electrons. The van der Waals surface area contributed by atoms with Gasteiger partial charge in [0.05, 0.1) is 21.9 Å². The van der Waals surface area contributed by atoms with Gasteiger partial charge in [-0.25, -0.2) is 22.5 Å². The van der Waals surface area contributed by atoms with E-state index in [1.165, 1.54) is 11.3 Å². The molecule has 1 heterocycles. The van der Waals surface area contributed by atoms with Crippen molar-refractivity contribution in [1.29, 1.82) is 0 Å². The fourth-order valence-electron chi connectivity index (χ4n) is 1.48. The summed E-state index contributed by atoms with van der Waals surface area (Å²) in [6.45, 7) is 1.87. The van der Waals surface area contributed by atoms with Crippen molar-refractivity contribution in [2.45, 2.75) is 18.4 Å². The van der Waals surface area contributed by atoms with E-state index in [9.17, 15) is 12.8 Å². The van der Waals surface area contributed by atoms with Crippen molar-refractivity contribution in [2.75, 3.05) is 5.73 Å². The van der Waals surface area contributed by atoms with Crippen LogP contribution in [0.1, 0.15) is 10.6 Å². The monoisotopic (exact) mass is 335 g/mol. The van der Waals surface area contributed by atoms with E-state index in [1.54, 1.807) is 12.4 Å². The molecule has 0 fully saturated rings. The summed E-state index contributed by atoms with van der Waals surface area (Å²) in [5.74, 6) is -0.757. The lowest BCUT2D eigenvalue weighted by atomic mass is 10.3. The Kier molecular flexibility index (Phi) is 4.28. The van der Waals surface area contributed by atoms with Gasteiger partial charge in [-0.3, -0.25) is 0 Å². The Hall–Kier alpha value is -1.22. The standard InChI is InChI=1S/C11H11ClFN3O2S2/c1-6-10(19-5-15-6)4-16-20(17,18)11-3-9(14)8(13)2-7(11)12/h2-3,5,16H,4,14H2,1H3. The number of hydrogen-bond acceptors (Lipinski definition) is 5. The maximum Gasteiger partial charge on any atom is 0.242 e. The molecule has 0 aliphatic rings. The van der Waals surface area contributed by atoms with E-state index in [2.05, 4.69) is 9.71 Å². The number of sulfonamides is 1. The Labute approximate surface area is 124 Å². The molecular weight excluding hydrogens is 325 g/mol. The van der Waals surface area contributed by atoms with Gasteiger partial charge < -0.3 is 5.73 Å². The maximum atomic E-state index is 13.2. The molecule has 0 atom stereocenters. The fraction of sp³-hybridized carbons (Fsp3) is 0.182. The minimum Gasteiger partial charge on any atom is -0.396 e. The molecule has 0 saturated heterocycles. The molecule has 1 aromatic heterocycles. The van der Waals surface area contributed by atoms with E-state index in [1.807, 2.05) is 0 Å². The summed E-state index contributed by atoms with van der Waals surface area (Å²) in [6, 6.07) is 1.88. The van der Waals surface area contributed by atoms with E-state index in [0.29, 0.717) is 0 Å². The van der Waals surface area contributed by atoms with Gasteiger partial charge in [0.1, 0.15) is 10.7 Å². The van der Waals surface area contributed by atoms with Crippen LogP contribution in [0.4, 0.5) is 10.1 Å². The van der Waals surface area contributed by atoms with E-state index in [-0.39, 0.29) is 22.2 Å². The quantitative estimate of drug-likeness (QED) is 0.840. The number of aryl methyl sites for hydroxylation is 1. The number of thiazole rings is 1. The third-order valence-electron chi connectivity index (χ3n) is 2.61. The van der Waals surface area contributed by atoms with Gasteiger partial charge in [0, 0.05) is 11.4 Å². The zero-order valence-corrected chi connectivity index (χ0v) is 12.7. The van der Waals surface area contributed by atoms with Crippen LogP contribution in [-0.2, 0) is 16.6 Å². The second-order valence-electron chi connectivity index (χ2n) is 3.99. The van der Waals surface area contributed by atoms with Crippen LogP contribution in [0.25, 0.3) is 0 Å². The predicted molar refractivity (Wildman–Crippen MR) is 76.7 cm³/mol. The Morgan fingerprint density at radius 3 is 2.80 bits per heavy atom. The third-order valence-corrected chi connectivity index (χ3v) is 5.41. The van der Waals surface area contributed by atoms with Crippen molar-refractivity contribution in [2.24, 2.45) is 0 Å². The highest BCUT2D eigenvalue weighted by Gasteiger charge is 2.20. The van der Waals surface area contributed by atoms with E-state index >= 15 is 0 Å². The molecule has 108 valence electrons. The molecule has 0 aliphatic carbocycles.